The third-order valence-electron chi connectivity index (χ3n) is 4.89. The second-order valence-corrected chi connectivity index (χ2v) is 7.34. The average molecular weight is 302 g/mol. The lowest BCUT2D eigenvalue weighted by Gasteiger charge is -2.29. The molecule has 0 heterocycles. The van der Waals surface area contributed by atoms with Gasteiger partial charge in [-0.15, -0.1) is 6.58 Å². The average Bonchev–Trinajstić information content (AvgIpc) is 2.67. The van der Waals surface area contributed by atoms with Crippen LogP contribution in [0.5, 0.6) is 0 Å². The van der Waals surface area contributed by atoms with Gasteiger partial charge in [-0.1, -0.05) is 50.6 Å². The van der Waals surface area contributed by atoms with Crippen molar-refractivity contribution < 1.29 is 9.59 Å². The zero-order chi connectivity index (χ0) is 17.1. The zero-order valence-corrected chi connectivity index (χ0v) is 14.7. The molecule has 1 fully saturated rings. The normalized spacial score (nSPS) is 29.0. The van der Waals surface area contributed by atoms with E-state index < -0.39 is 0 Å². The molecule has 0 aromatic carbocycles. The first-order valence-corrected chi connectivity index (χ1v) is 8.14. The molecule has 0 aromatic rings. The van der Waals surface area contributed by atoms with Gasteiger partial charge in [-0.3, -0.25) is 9.59 Å². The second-order valence-electron chi connectivity index (χ2n) is 7.34. The van der Waals surface area contributed by atoms with Crippen LogP contribution in [0.3, 0.4) is 0 Å². The molecule has 0 radical (unpaired) electrons. The van der Waals surface area contributed by atoms with Crippen LogP contribution in [0.2, 0.25) is 0 Å². The second kappa shape index (κ2) is 7.21. The molecule has 0 amide bonds. The van der Waals surface area contributed by atoms with Crippen molar-refractivity contribution in [2.24, 2.45) is 23.2 Å². The van der Waals surface area contributed by atoms with E-state index in [9.17, 15) is 9.59 Å². The summed E-state index contributed by atoms with van der Waals surface area (Å²) in [6.07, 6.45) is 5.94. The molecule has 0 aromatic heterocycles. The van der Waals surface area contributed by atoms with E-state index in [1.54, 1.807) is 0 Å². The summed E-state index contributed by atoms with van der Waals surface area (Å²) >= 11 is 0. The van der Waals surface area contributed by atoms with E-state index in [2.05, 4.69) is 33.1 Å². The van der Waals surface area contributed by atoms with Crippen molar-refractivity contribution in [1.82, 2.24) is 0 Å². The van der Waals surface area contributed by atoms with Gasteiger partial charge in [-0.05, 0) is 31.6 Å². The lowest BCUT2D eigenvalue weighted by Crippen LogP contribution is -2.23. The van der Waals surface area contributed by atoms with E-state index in [4.69, 9.17) is 0 Å². The summed E-state index contributed by atoms with van der Waals surface area (Å²) in [5.41, 5.74) is 1.88. The van der Waals surface area contributed by atoms with Crippen LogP contribution in [-0.4, -0.2) is 11.6 Å². The Morgan fingerprint density at radius 2 is 1.95 bits per heavy atom. The molecule has 22 heavy (non-hydrogen) atoms. The van der Waals surface area contributed by atoms with Gasteiger partial charge in [0.25, 0.3) is 0 Å². The van der Waals surface area contributed by atoms with Crippen LogP contribution in [0, 0.1) is 23.2 Å². The van der Waals surface area contributed by atoms with Crippen LogP contribution in [0.1, 0.15) is 53.9 Å². The third kappa shape index (κ3) is 4.06. The summed E-state index contributed by atoms with van der Waals surface area (Å²) < 4.78 is 0. The molecule has 0 N–H and O–H groups in total. The fourth-order valence-electron chi connectivity index (χ4n) is 3.26. The Balaban J connectivity index is 2.96. The summed E-state index contributed by atoms with van der Waals surface area (Å²) in [5, 5.41) is 0. The van der Waals surface area contributed by atoms with Crippen molar-refractivity contribution in [2.75, 3.05) is 0 Å². The molecule has 0 saturated heterocycles. The summed E-state index contributed by atoms with van der Waals surface area (Å²) in [6, 6.07) is 0. The van der Waals surface area contributed by atoms with Crippen LogP contribution in [0.4, 0.5) is 0 Å². The van der Waals surface area contributed by atoms with E-state index in [1.807, 2.05) is 26.8 Å². The Morgan fingerprint density at radius 3 is 2.41 bits per heavy atom. The Bertz CT molecular complexity index is 510. The number of carbonyl (C=O) groups is 2. The molecule has 1 aliphatic rings. The van der Waals surface area contributed by atoms with Crippen molar-refractivity contribution in [1.29, 1.82) is 0 Å². The van der Waals surface area contributed by atoms with Crippen LogP contribution in [-0.2, 0) is 9.59 Å². The molecular weight excluding hydrogens is 272 g/mol. The minimum atomic E-state index is -0.218. The van der Waals surface area contributed by atoms with Crippen LogP contribution < -0.4 is 0 Å². The third-order valence-corrected chi connectivity index (χ3v) is 4.89. The highest BCUT2D eigenvalue weighted by atomic mass is 16.1. The van der Waals surface area contributed by atoms with E-state index in [1.165, 1.54) is 5.57 Å². The number of hydrogen-bond acceptors (Lipinski definition) is 2. The molecule has 1 saturated carbocycles. The molecule has 2 nitrogen and oxygen atoms in total. The minimum absolute atomic E-state index is 0.0856. The van der Waals surface area contributed by atoms with Crippen LogP contribution in [0.15, 0.2) is 36.5 Å². The molecule has 3 atom stereocenters. The predicted octanol–water partition coefficient (Wildman–Crippen LogP) is 4.91. The number of rotatable bonds is 7. The smallest absolute Gasteiger partial charge is 0.141 e. The van der Waals surface area contributed by atoms with Crippen molar-refractivity contribution in [2.45, 2.75) is 53.9 Å². The van der Waals surface area contributed by atoms with Crippen molar-refractivity contribution in [3.05, 3.63) is 36.5 Å². The Labute approximate surface area is 135 Å². The van der Waals surface area contributed by atoms with Crippen LogP contribution in [0.25, 0.3) is 0 Å². The molecule has 2 heteroatoms. The van der Waals surface area contributed by atoms with Gasteiger partial charge in [0.05, 0.1) is 0 Å². The first-order valence-electron chi connectivity index (χ1n) is 8.14. The molecule has 1 rings (SSSR count). The molecular formula is C20H30O2. The molecule has 0 spiro atoms. The first-order chi connectivity index (χ1) is 10.1. The molecule has 122 valence electrons. The van der Waals surface area contributed by atoms with E-state index in [0.717, 1.165) is 12.0 Å². The van der Waals surface area contributed by atoms with Gasteiger partial charge < -0.3 is 0 Å². The van der Waals surface area contributed by atoms with Crippen molar-refractivity contribution in [3.8, 4) is 0 Å². The summed E-state index contributed by atoms with van der Waals surface area (Å²) in [4.78, 5) is 24.1. The quantitative estimate of drug-likeness (QED) is 0.626. The number of carbonyl (C=O) groups excluding carboxylic acids is 2. The largest absolute Gasteiger partial charge is 0.299 e. The lowest BCUT2D eigenvalue weighted by atomic mass is 9.74. The fraction of sp³-hybridized carbons (Fsp3) is 0.600. The predicted molar refractivity (Wildman–Crippen MR) is 92.6 cm³/mol. The monoisotopic (exact) mass is 302 g/mol. The van der Waals surface area contributed by atoms with Gasteiger partial charge in [0.1, 0.15) is 11.6 Å². The highest BCUT2D eigenvalue weighted by Gasteiger charge is 2.47. The van der Waals surface area contributed by atoms with E-state index in [0.29, 0.717) is 12.8 Å². The first kappa shape index (κ1) is 18.6. The van der Waals surface area contributed by atoms with E-state index in [-0.39, 0.29) is 34.7 Å². The van der Waals surface area contributed by atoms with Crippen LogP contribution >= 0.6 is 0 Å². The van der Waals surface area contributed by atoms with Gasteiger partial charge in [0, 0.05) is 24.7 Å². The van der Waals surface area contributed by atoms with Crippen molar-refractivity contribution in [3.63, 3.8) is 0 Å². The Kier molecular flexibility index (Phi) is 6.10. The molecule has 0 aliphatic heterocycles. The zero-order valence-electron chi connectivity index (χ0n) is 14.7. The number of allylic oxidation sites excluding steroid dienone is 4. The van der Waals surface area contributed by atoms with Gasteiger partial charge in [-0.25, -0.2) is 0 Å². The lowest BCUT2D eigenvalue weighted by molar-refractivity contribution is -0.122. The minimum Gasteiger partial charge on any atom is -0.299 e. The maximum Gasteiger partial charge on any atom is 0.141 e. The highest BCUT2D eigenvalue weighted by molar-refractivity contribution is 5.88. The maximum atomic E-state index is 12.3. The Morgan fingerprint density at radius 1 is 1.36 bits per heavy atom. The highest BCUT2D eigenvalue weighted by Crippen LogP contribution is 2.49. The molecule has 1 aliphatic carbocycles. The van der Waals surface area contributed by atoms with Gasteiger partial charge in [0.15, 0.2) is 0 Å². The van der Waals surface area contributed by atoms with E-state index >= 15 is 0 Å². The summed E-state index contributed by atoms with van der Waals surface area (Å²) in [7, 11) is 0. The Hall–Kier alpha value is -1.44. The number of Topliss-reactive ketones (excluding diaryl/α,β-unsaturated/α-hetero) is 2. The van der Waals surface area contributed by atoms with Gasteiger partial charge in [0.2, 0.25) is 0 Å². The number of hydrogen-bond donors (Lipinski definition) is 0. The standard InChI is InChI=1S/C20H30O2/c1-8-20(7)12-18(22)19(14(4)5)16(20)11-15(6)9-10-17(21)13(2)3/h8,11,13,16,19H,1,4,9-10,12H2,2-3,5-7H3/b15-11+/t16-,19-,20-/m0/s1. The van der Waals surface area contributed by atoms with Gasteiger partial charge >= 0.3 is 0 Å². The SMILES string of the molecule is C=C[C@@]1(C)CC(=O)[C@@H](C(=C)C)[C@@H]1/C=C(\C)CCC(=O)C(C)C. The summed E-state index contributed by atoms with van der Waals surface area (Å²) in [5.74, 6) is 0.603. The maximum absolute atomic E-state index is 12.3. The van der Waals surface area contributed by atoms with Gasteiger partial charge in [-0.2, -0.15) is 0 Å². The fourth-order valence-corrected chi connectivity index (χ4v) is 3.26. The molecule has 0 bridgehead atoms. The topological polar surface area (TPSA) is 34.1 Å². The number of ketones is 2. The van der Waals surface area contributed by atoms with Crippen molar-refractivity contribution >= 4 is 11.6 Å². The summed E-state index contributed by atoms with van der Waals surface area (Å²) in [6.45, 7) is 17.9. The molecule has 0 unspecified atom stereocenters.